The number of nitrogens with one attached hydrogen (secondary N) is 1. The van der Waals surface area contributed by atoms with Crippen molar-refractivity contribution >= 4 is 11.7 Å². The lowest BCUT2D eigenvalue weighted by Crippen LogP contribution is -2.52. The standard InChI is InChI=1S/C20H31NO2/c1-11(2)8-16-18-14(5)13(4)10-15-9-12(3)6-7-17(22)20(15,18)19(23)21-16/h10-12,14-16,18H,6-9H2,1-5H3,(H,21,23)/t12-,14+,15-,16-,18-,20+/m0/s1. The van der Waals surface area contributed by atoms with Gasteiger partial charge in [0.1, 0.15) is 11.2 Å². The number of hydrogen-bond acceptors (Lipinski definition) is 2. The van der Waals surface area contributed by atoms with Crippen LogP contribution in [0.5, 0.6) is 0 Å². The van der Waals surface area contributed by atoms with Gasteiger partial charge in [-0.1, -0.05) is 39.3 Å². The molecule has 2 aliphatic carbocycles. The molecule has 3 aliphatic rings. The first-order valence-electron chi connectivity index (χ1n) is 9.31. The van der Waals surface area contributed by atoms with Gasteiger partial charge < -0.3 is 5.32 Å². The predicted molar refractivity (Wildman–Crippen MR) is 91.7 cm³/mol. The van der Waals surface area contributed by atoms with Crippen LogP contribution in [0.3, 0.4) is 0 Å². The highest BCUT2D eigenvalue weighted by Gasteiger charge is 2.65. The first-order valence-corrected chi connectivity index (χ1v) is 9.31. The van der Waals surface area contributed by atoms with Crippen molar-refractivity contribution in [3.63, 3.8) is 0 Å². The lowest BCUT2D eigenvalue weighted by atomic mass is 9.54. The van der Waals surface area contributed by atoms with Gasteiger partial charge in [-0.05, 0) is 49.9 Å². The average Bonchev–Trinajstić information content (AvgIpc) is 2.67. The molecule has 23 heavy (non-hydrogen) atoms. The molecule has 0 aromatic rings. The molecule has 3 rings (SSSR count). The maximum atomic E-state index is 13.2. The van der Waals surface area contributed by atoms with Gasteiger partial charge in [0.15, 0.2) is 0 Å². The number of carbonyl (C=O) groups excluding carboxylic acids is 2. The molecule has 3 heteroatoms. The van der Waals surface area contributed by atoms with Crippen LogP contribution in [0.15, 0.2) is 11.6 Å². The maximum Gasteiger partial charge on any atom is 0.234 e. The van der Waals surface area contributed by atoms with Crippen molar-refractivity contribution in [2.75, 3.05) is 0 Å². The summed E-state index contributed by atoms with van der Waals surface area (Å²) in [4.78, 5) is 26.3. The van der Waals surface area contributed by atoms with Crippen molar-refractivity contribution in [1.82, 2.24) is 5.32 Å². The molecule has 1 saturated heterocycles. The fourth-order valence-corrected chi connectivity index (χ4v) is 5.51. The molecule has 1 N–H and O–H groups in total. The Labute approximate surface area is 140 Å². The highest BCUT2D eigenvalue weighted by molar-refractivity contribution is 6.09. The molecule has 2 fully saturated rings. The third-order valence-corrected chi connectivity index (χ3v) is 6.66. The third kappa shape index (κ3) is 2.38. The average molecular weight is 317 g/mol. The van der Waals surface area contributed by atoms with Crippen molar-refractivity contribution in [1.29, 1.82) is 0 Å². The molecule has 6 atom stereocenters. The second kappa shape index (κ2) is 5.75. The predicted octanol–water partition coefficient (Wildman–Crippen LogP) is 3.73. The summed E-state index contributed by atoms with van der Waals surface area (Å²) in [6, 6.07) is 0.140. The zero-order chi connectivity index (χ0) is 16.9. The second-order valence-electron chi connectivity index (χ2n) is 8.71. The largest absolute Gasteiger partial charge is 0.352 e. The molecule has 0 aromatic carbocycles. The van der Waals surface area contributed by atoms with Crippen molar-refractivity contribution in [3.8, 4) is 0 Å². The van der Waals surface area contributed by atoms with Crippen LogP contribution in [-0.2, 0) is 9.59 Å². The summed E-state index contributed by atoms with van der Waals surface area (Å²) >= 11 is 0. The Morgan fingerprint density at radius 3 is 2.65 bits per heavy atom. The van der Waals surface area contributed by atoms with Crippen LogP contribution >= 0.6 is 0 Å². The van der Waals surface area contributed by atoms with Crippen molar-refractivity contribution < 1.29 is 9.59 Å². The lowest BCUT2D eigenvalue weighted by Gasteiger charge is -2.45. The fraction of sp³-hybridized carbons (Fsp3) is 0.800. The van der Waals surface area contributed by atoms with Crippen molar-refractivity contribution in [2.45, 2.75) is 66.3 Å². The number of allylic oxidation sites excluding steroid dienone is 2. The van der Waals surface area contributed by atoms with E-state index in [2.05, 4.69) is 46.0 Å². The van der Waals surface area contributed by atoms with Crippen LogP contribution in [0, 0.1) is 35.0 Å². The summed E-state index contributed by atoms with van der Waals surface area (Å²) in [5.41, 5.74) is 0.575. The number of rotatable bonds is 2. The normalized spacial score (nSPS) is 43.6. The Kier molecular flexibility index (Phi) is 4.18. The third-order valence-electron chi connectivity index (χ3n) is 6.66. The summed E-state index contributed by atoms with van der Waals surface area (Å²) < 4.78 is 0. The number of ketones is 1. The Hall–Kier alpha value is -1.12. The van der Waals surface area contributed by atoms with Gasteiger partial charge in [-0.2, -0.15) is 0 Å². The number of hydrogen-bond donors (Lipinski definition) is 1. The summed E-state index contributed by atoms with van der Waals surface area (Å²) in [6.45, 7) is 11.0. The van der Waals surface area contributed by atoms with Crippen molar-refractivity contribution in [3.05, 3.63) is 11.6 Å². The van der Waals surface area contributed by atoms with Crippen LogP contribution in [0.4, 0.5) is 0 Å². The van der Waals surface area contributed by atoms with E-state index in [-0.39, 0.29) is 29.6 Å². The molecule has 0 aromatic heterocycles. The van der Waals surface area contributed by atoms with Gasteiger partial charge in [-0.3, -0.25) is 9.59 Å². The zero-order valence-electron chi connectivity index (χ0n) is 15.2. The van der Waals surface area contributed by atoms with Gasteiger partial charge in [-0.15, -0.1) is 0 Å². The summed E-state index contributed by atoms with van der Waals surface area (Å²) in [6.07, 6.45) is 5.68. The SMILES string of the molecule is CC1=C[C@@H]2C[C@@H](C)CCC(=O)[C@]23C(=O)N[C@@H](CC(C)C)[C@@H]3[C@@H]1C. The molecule has 1 heterocycles. The Bertz CT molecular complexity index is 550. The van der Waals surface area contributed by atoms with E-state index in [1.54, 1.807) is 0 Å². The van der Waals surface area contributed by atoms with Crippen LogP contribution in [0.2, 0.25) is 0 Å². The highest BCUT2D eigenvalue weighted by Crippen LogP contribution is 2.57. The molecular formula is C20H31NO2. The van der Waals surface area contributed by atoms with Crippen LogP contribution in [-0.4, -0.2) is 17.7 Å². The minimum absolute atomic E-state index is 0.0212. The van der Waals surface area contributed by atoms with E-state index in [4.69, 9.17) is 0 Å². The van der Waals surface area contributed by atoms with E-state index in [0.717, 1.165) is 19.3 Å². The maximum absolute atomic E-state index is 13.2. The second-order valence-corrected chi connectivity index (χ2v) is 8.71. The molecule has 1 spiro atoms. The Morgan fingerprint density at radius 2 is 2.00 bits per heavy atom. The molecular weight excluding hydrogens is 286 g/mol. The summed E-state index contributed by atoms with van der Waals surface area (Å²) in [5, 5.41) is 3.25. The fourth-order valence-electron chi connectivity index (χ4n) is 5.51. The van der Waals surface area contributed by atoms with E-state index in [0.29, 0.717) is 24.2 Å². The summed E-state index contributed by atoms with van der Waals surface area (Å²) in [5.74, 6) is 1.77. The molecule has 0 unspecified atom stereocenters. The molecule has 1 amide bonds. The van der Waals surface area contributed by atoms with E-state index < -0.39 is 5.41 Å². The smallest absolute Gasteiger partial charge is 0.234 e. The Balaban J connectivity index is 2.12. The molecule has 3 nitrogen and oxygen atoms in total. The van der Waals surface area contributed by atoms with Gasteiger partial charge in [0.25, 0.3) is 0 Å². The van der Waals surface area contributed by atoms with E-state index in [1.165, 1.54) is 5.57 Å². The van der Waals surface area contributed by atoms with Gasteiger partial charge in [0.2, 0.25) is 5.91 Å². The molecule has 1 saturated carbocycles. The molecule has 1 aliphatic heterocycles. The van der Waals surface area contributed by atoms with Crippen LogP contribution in [0.25, 0.3) is 0 Å². The van der Waals surface area contributed by atoms with Crippen LogP contribution < -0.4 is 5.32 Å². The highest BCUT2D eigenvalue weighted by atomic mass is 16.2. The number of carbonyl (C=O) groups is 2. The van der Waals surface area contributed by atoms with E-state index in [9.17, 15) is 9.59 Å². The van der Waals surface area contributed by atoms with Crippen LogP contribution in [0.1, 0.15) is 60.3 Å². The molecule has 0 radical (unpaired) electrons. The zero-order valence-corrected chi connectivity index (χ0v) is 15.2. The van der Waals surface area contributed by atoms with Crippen molar-refractivity contribution in [2.24, 2.45) is 35.0 Å². The van der Waals surface area contributed by atoms with E-state index in [1.807, 2.05) is 0 Å². The molecule has 128 valence electrons. The summed E-state index contributed by atoms with van der Waals surface area (Å²) in [7, 11) is 0. The van der Waals surface area contributed by atoms with E-state index >= 15 is 0 Å². The first kappa shape index (κ1) is 16.7. The quantitative estimate of drug-likeness (QED) is 0.623. The number of Topliss-reactive ketones (excluding diaryl/α,β-unsaturated/α-hetero) is 1. The van der Waals surface area contributed by atoms with Gasteiger partial charge in [0, 0.05) is 18.4 Å². The lowest BCUT2D eigenvalue weighted by molar-refractivity contribution is -0.146. The topological polar surface area (TPSA) is 46.2 Å². The molecule has 0 bridgehead atoms. The monoisotopic (exact) mass is 317 g/mol. The Morgan fingerprint density at radius 1 is 1.30 bits per heavy atom. The first-order chi connectivity index (χ1) is 10.8. The minimum Gasteiger partial charge on any atom is -0.352 e. The van der Waals surface area contributed by atoms with Gasteiger partial charge in [0.05, 0.1) is 0 Å². The minimum atomic E-state index is -0.788. The van der Waals surface area contributed by atoms with Gasteiger partial charge >= 0.3 is 0 Å². The van der Waals surface area contributed by atoms with Gasteiger partial charge in [-0.25, -0.2) is 0 Å². The number of amides is 1.